The molecule has 0 aromatic carbocycles. The van der Waals surface area contributed by atoms with Crippen LogP contribution in [0.15, 0.2) is 10.6 Å². The van der Waals surface area contributed by atoms with Crippen molar-refractivity contribution in [3.8, 4) is 11.8 Å². The lowest BCUT2D eigenvalue weighted by atomic mass is 9.82. The van der Waals surface area contributed by atoms with Crippen LogP contribution in [-0.4, -0.2) is 86.0 Å². The van der Waals surface area contributed by atoms with Gasteiger partial charge in [0.1, 0.15) is 10.9 Å². The highest BCUT2D eigenvalue weighted by molar-refractivity contribution is 8.05. The summed E-state index contributed by atoms with van der Waals surface area (Å²) in [5.41, 5.74) is 0.325. The molecule has 2 heterocycles. The minimum absolute atomic E-state index is 0.0337. The summed E-state index contributed by atoms with van der Waals surface area (Å²) < 4.78 is 16.1. The molecule has 0 radical (unpaired) electrons. The van der Waals surface area contributed by atoms with Crippen LogP contribution in [0.1, 0.15) is 59.8 Å². The fraction of sp³-hybridized carbons (Fsp3) is 0.750. The number of carbonyl (C=O) groups excluding carboxylic acids is 3. The van der Waals surface area contributed by atoms with Gasteiger partial charge in [0.05, 0.1) is 32.2 Å². The van der Waals surface area contributed by atoms with Gasteiger partial charge in [-0.05, 0) is 52.4 Å². The highest BCUT2D eigenvalue weighted by Gasteiger charge is 2.43. The first-order chi connectivity index (χ1) is 17.6. The van der Waals surface area contributed by atoms with E-state index in [1.165, 1.54) is 26.0 Å². The number of esters is 1. The van der Waals surface area contributed by atoms with Gasteiger partial charge in [0.2, 0.25) is 11.8 Å². The van der Waals surface area contributed by atoms with Crippen LogP contribution in [0.2, 0.25) is 0 Å². The molecule has 0 aromatic heterocycles. The zero-order valence-corrected chi connectivity index (χ0v) is 23.9. The number of ether oxygens (including phenoxy) is 3. The molecule has 2 amide bonds. The smallest absolute Gasteiger partial charge is 0.346 e. The average molecular weight is 535 g/mol. The molecule has 2 atom stereocenters. The van der Waals surface area contributed by atoms with Crippen molar-refractivity contribution in [3.05, 3.63) is 10.6 Å². The second-order valence-electron chi connectivity index (χ2n) is 11.2. The van der Waals surface area contributed by atoms with E-state index in [1.807, 2.05) is 20.8 Å². The summed E-state index contributed by atoms with van der Waals surface area (Å²) >= 11 is 1.32. The second kappa shape index (κ2) is 13.2. The molecule has 37 heavy (non-hydrogen) atoms. The zero-order valence-electron chi connectivity index (χ0n) is 23.1. The van der Waals surface area contributed by atoms with Crippen LogP contribution >= 0.6 is 11.8 Å². The van der Waals surface area contributed by atoms with Crippen LogP contribution in [0.25, 0.3) is 0 Å². The van der Waals surface area contributed by atoms with Crippen molar-refractivity contribution in [2.24, 2.45) is 17.3 Å². The topological polar surface area (TPSA) is 85.4 Å². The van der Waals surface area contributed by atoms with Gasteiger partial charge in [0.15, 0.2) is 0 Å². The number of carbonyl (C=O) groups is 3. The molecule has 8 nitrogen and oxygen atoms in total. The van der Waals surface area contributed by atoms with Gasteiger partial charge in [0, 0.05) is 43.7 Å². The summed E-state index contributed by atoms with van der Waals surface area (Å²) in [5, 5.41) is -0.216. The summed E-state index contributed by atoms with van der Waals surface area (Å²) in [5.74, 6) is 6.11. The van der Waals surface area contributed by atoms with E-state index < -0.39 is 12.0 Å². The minimum atomic E-state index is -0.875. The van der Waals surface area contributed by atoms with Gasteiger partial charge in [-0.25, -0.2) is 4.79 Å². The Labute approximate surface area is 225 Å². The molecule has 1 aliphatic carbocycles. The van der Waals surface area contributed by atoms with E-state index in [-0.39, 0.29) is 35.0 Å². The van der Waals surface area contributed by atoms with E-state index in [2.05, 4.69) is 18.8 Å². The Bertz CT molecular complexity index is 933. The molecule has 9 heteroatoms. The van der Waals surface area contributed by atoms with Crippen LogP contribution in [0.3, 0.4) is 0 Å². The van der Waals surface area contributed by atoms with E-state index in [4.69, 9.17) is 14.2 Å². The Balaban J connectivity index is 2.04. The maximum Gasteiger partial charge on any atom is 0.346 e. The van der Waals surface area contributed by atoms with Crippen LogP contribution < -0.4 is 0 Å². The predicted octanol–water partition coefficient (Wildman–Crippen LogP) is 3.45. The second-order valence-corrected chi connectivity index (χ2v) is 12.4. The summed E-state index contributed by atoms with van der Waals surface area (Å²) in [6.45, 7) is 10.2. The van der Waals surface area contributed by atoms with Crippen molar-refractivity contribution in [3.63, 3.8) is 0 Å². The Morgan fingerprint density at radius 1 is 1.14 bits per heavy atom. The first-order valence-corrected chi connectivity index (χ1v) is 14.1. The number of morpholine rings is 1. The lowest BCUT2D eigenvalue weighted by Crippen LogP contribution is -2.56. The van der Waals surface area contributed by atoms with Crippen LogP contribution in [0.5, 0.6) is 0 Å². The third-order valence-corrected chi connectivity index (χ3v) is 8.22. The molecule has 3 rings (SSSR count). The van der Waals surface area contributed by atoms with E-state index in [9.17, 15) is 14.4 Å². The monoisotopic (exact) mass is 534 g/mol. The third-order valence-electron chi connectivity index (χ3n) is 7.02. The molecule has 0 aromatic rings. The number of thioether (sulfide) groups is 1. The van der Waals surface area contributed by atoms with E-state index in [1.54, 1.807) is 9.80 Å². The molecule has 0 bridgehead atoms. The Morgan fingerprint density at radius 2 is 1.78 bits per heavy atom. The van der Waals surface area contributed by atoms with Gasteiger partial charge in [0.25, 0.3) is 0 Å². The minimum Gasteiger partial charge on any atom is -0.465 e. The van der Waals surface area contributed by atoms with Crippen molar-refractivity contribution in [2.45, 2.75) is 71.1 Å². The number of hydrogen-bond donors (Lipinski definition) is 0. The molecule has 2 unspecified atom stereocenters. The summed E-state index contributed by atoms with van der Waals surface area (Å²) in [7, 11) is 2.86. The number of amides is 2. The molecule has 2 fully saturated rings. The quantitative estimate of drug-likeness (QED) is 0.365. The summed E-state index contributed by atoms with van der Waals surface area (Å²) in [4.78, 5) is 44.7. The van der Waals surface area contributed by atoms with Crippen molar-refractivity contribution in [2.75, 3.05) is 47.1 Å². The standard InChI is InChI=1S/C28H42N2O6S/c1-19-7-9-20(10-8-19)25(31)30(23(18-34-5)26(32)29-13-15-36-16-14-29)22-17-21(11-12-28(2,3)4)37-24(22)27(33)35-6/h19-21,23H,7-10,13-18H2,1-6H3. The van der Waals surface area contributed by atoms with Crippen LogP contribution in [0, 0.1) is 29.1 Å². The van der Waals surface area contributed by atoms with Crippen molar-refractivity contribution in [1.29, 1.82) is 0 Å². The Morgan fingerprint density at radius 3 is 2.35 bits per heavy atom. The van der Waals surface area contributed by atoms with Crippen molar-refractivity contribution >= 4 is 29.5 Å². The van der Waals surface area contributed by atoms with Gasteiger partial charge in [-0.15, -0.1) is 0 Å². The fourth-order valence-electron chi connectivity index (χ4n) is 4.95. The fourth-order valence-corrected chi connectivity index (χ4v) is 6.09. The van der Waals surface area contributed by atoms with Gasteiger partial charge >= 0.3 is 5.97 Å². The molecule has 1 saturated heterocycles. The lowest BCUT2D eigenvalue weighted by molar-refractivity contribution is -0.151. The molecular weight excluding hydrogens is 492 g/mol. The molecule has 3 aliphatic rings. The summed E-state index contributed by atoms with van der Waals surface area (Å²) in [6.07, 6.45) is 3.85. The molecule has 0 spiro atoms. The van der Waals surface area contributed by atoms with Crippen molar-refractivity contribution < 1.29 is 28.6 Å². The van der Waals surface area contributed by atoms with E-state index in [0.717, 1.165) is 25.7 Å². The van der Waals surface area contributed by atoms with Crippen LogP contribution in [-0.2, 0) is 28.6 Å². The van der Waals surface area contributed by atoms with E-state index >= 15 is 0 Å². The highest BCUT2D eigenvalue weighted by atomic mass is 32.2. The van der Waals surface area contributed by atoms with Gasteiger partial charge in [-0.2, -0.15) is 0 Å². The van der Waals surface area contributed by atoms with Gasteiger partial charge < -0.3 is 19.1 Å². The first-order valence-electron chi connectivity index (χ1n) is 13.2. The maximum absolute atomic E-state index is 14.2. The number of methoxy groups -OCH3 is 2. The molecule has 206 valence electrons. The number of rotatable bonds is 7. The number of nitrogens with zero attached hydrogens (tertiary/aromatic N) is 2. The average Bonchev–Trinajstić information content (AvgIpc) is 3.30. The van der Waals surface area contributed by atoms with Crippen molar-refractivity contribution in [1.82, 2.24) is 9.80 Å². The largest absolute Gasteiger partial charge is 0.465 e. The molecule has 2 aliphatic heterocycles. The third kappa shape index (κ3) is 7.75. The Hall–Kier alpha value is -2.02. The maximum atomic E-state index is 14.2. The van der Waals surface area contributed by atoms with Crippen LogP contribution in [0.4, 0.5) is 0 Å². The zero-order chi connectivity index (χ0) is 27.2. The van der Waals surface area contributed by atoms with Gasteiger partial charge in [-0.3, -0.25) is 14.5 Å². The lowest BCUT2D eigenvalue weighted by Gasteiger charge is -2.39. The van der Waals surface area contributed by atoms with E-state index in [0.29, 0.717) is 49.2 Å². The SMILES string of the molecule is COCC(C(=O)N1CCOCC1)N(C(=O)C1CCC(C)CC1)C1=C(C(=O)OC)SC(C#CC(C)(C)C)C1. The molecule has 1 saturated carbocycles. The Kier molecular flexibility index (Phi) is 10.5. The molecule has 0 N–H and O–H groups in total. The predicted molar refractivity (Wildman–Crippen MR) is 143 cm³/mol. The molecular formula is C28H42N2O6S. The first kappa shape index (κ1) is 29.5. The normalized spacial score (nSPS) is 25.2. The van der Waals surface area contributed by atoms with Gasteiger partial charge in [-0.1, -0.05) is 30.5 Å². The highest BCUT2D eigenvalue weighted by Crippen LogP contribution is 2.42. The number of allylic oxidation sites excluding steroid dienone is 1. The summed E-state index contributed by atoms with van der Waals surface area (Å²) in [6, 6.07) is -0.875. The number of hydrogen-bond acceptors (Lipinski definition) is 7.